The van der Waals surface area contributed by atoms with Gasteiger partial charge in [-0.15, -0.1) is 0 Å². The first-order valence-corrected chi connectivity index (χ1v) is 7.52. The van der Waals surface area contributed by atoms with E-state index in [1.807, 2.05) is 32.2 Å². The number of aromatic nitrogens is 2. The van der Waals surface area contributed by atoms with Crippen LogP contribution in [0.3, 0.4) is 0 Å². The largest absolute Gasteiger partial charge is 0.493 e. The summed E-state index contributed by atoms with van der Waals surface area (Å²) in [6, 6.07) is 9.11. The van der Waals surface area contributed by atoms with Crippen LogP contribution < -0.4 is 14.8 Å². The predicted octanol–water partition coefficient (Wildman–Crippen LogP) is 3.22. The quantitative estimate of drug-likeness (QED) is 0.800. The molecule has 1 amide bonds. The van der Waals surface area contributed by atoms with E-state index < -0.39 is 0 Å². The molecule has 0 fully saturated rings. The number of imidazole rings is 1. The van der Waals surface area contributed by atoms with Gasteiger partial charge in [0.15, 0.2) is 11.5 Å². The number of anilines is 1. The van der Waals surface area contributed by atoms with Crippen molar-refractivity contribution in [2.45, 2.75) is 13.8 Å². The fourth-order valence-electron chi connectivity index (χ4n) is 2.70. The minimum atomic E-state index is -0.224. The molecule has 0 saturated heterocycles. The normalized spacial score (nSPS) is 10.7. The highest BCUT2D eigenvalue weighted by Crippen LogP contribution is 2.30. The second kappa shape index (κ2) is 6.23. The van der Waals surface area contributed by atoms with Gasteiger partial charge in [-0.1, -0.05) is 6.07 Å². The standard InChI is InChI=1S/C18H19N3O3/c1-11-6-5-9-21-16(12(2)19-17(11)21)18(22)20-13-7-8-14(23-3)15(10-13)24-4/h5-10H,1-4H3,(H,20,22). The SMILES string of the molecule is COc1ccc(NC(=O)c2c(C)nc3c(C)cccn23)cc1OC. The number of pyridine rings is 1. The highest BCUT2D eigenvalue weighted by Gasteiger charge is 2.18. The van der Waals surface area contributed by atoms with Gasteiger partial charge < -0.3 is 14.8 Å². The van der Waals surface area contributed by atoms with E-state index in [2.05, 4.69) is 10.3 Å². The highest BCUT2D eigenvalue weighted by molar-refractivity contribution is 6.04. The van der Waals surface area contributed by atoms with E-state index in [4.69, 9.17) is 9.47 Å². The molecule has 0 spiro atoms. The fraction of sp³-hybridized carbons (Fsp3) is 0.222. The van der Waals surface area contributed by atoms with Crippen molar-refractivity contribution in [3.63, 3.8) is 0 Å². The lowest BCUT2D eigenvalue weighted by Crippen LogP contribution is -2.15. The zero-order valence-corrected chi connectivity index (χ0v) is 14.1. The molecule has 6 heteroatoms. The lowest BCUT2D eigenvalue weighted by Gasteiger charge is -2.11. The molecule has 3 rings (SSSR count). The van der Waals surface area contributed by atoms with Gasteiger partial charge in [0.2, 0.25) is 0 Å². The molecule has 2 aromatic heterocycles. The van der Waals surface area contributed by atoms with Crippen LogP contribution in [0.1, 0.15) is 21.7 Å². The van der Waals surface area contributed by atoms with E-state index in [-0.39, 0.29) is 5.91 Å². The maximum atomic E-state index is 12.7. The fourth-order valence-corrected chi connectivity index (χ4v) is 2.70. The number of ether oxygens (including phenoxy) is 2. The Bertz CT molecular complexity index is 915. The summed E-state index contributed by atoms with van der Waals surface area (Å²) in [7, 11) is 3.13. The summed E-state index contributed by atoms with van der Waals surface area (Å²) in [6.07, 6.45) is 1.84. The molecule has 0 unspecified atom stereocenters. The minimum absolute atomic E-state index is 0.224. The third-order valence-electron chi connectivity index (χ3n) is 3.88. The molecular formula is C18H19N3O3. The maximum absolute atomic E-state index is 12.7. The predicted molar refractivity (Wildman–Crippen MR) is 92.2 cm³/mol. The van der Waals surface area contributed by atoms with Crippen molar-refractivity contribution < 1.29 is 14.3 Å². The third kappa shape index (κ3) is 2.67. The molecule has 0 aliphatic rings. The van der Waals surface area contributed by atoms with Crippen molar-refractivity contribution >= 4 is 17.2 Å². The summed E-state index contributed by atoms with van der Waals surface area (Å²) < 4.78 is 12.3. The van der Waals surface area contributed by atoms with E-state index in [9.17, 15) is 4.79 Å². The third-order valence-corrected chi connectivity index (χ3v) is 3.88. The molecule has 0 bridgehead atoms. The Kier molecular flexibility index (Phi) is 4.12. The van der Waals surface area contributed by atoms with Gasteiger partial charge >= 0.3 is 0 Å². The molecular weight excluding hydrogens is 306 g/mol. The molecule has 124 valence electrons. The number of aryl methyl sites for hydroxylation is 2. The Labute approximate surface area is 140 Å². The number of hydrogen-bond donors (Lipinski definition) is 1. The van der Waals surface area contributed by atoms with Gasteiger partial charge in [0.25, 0.3) is 5.91 Å². The second-order valence-electron chi connectivity index (χ2n) is 5.45. The van der Waals surface area contributed by atoms with E-state index in [1.54, 1.807) is 36.8 Å². The van der Waals surface area contributed by atoms with Crippen LogP contribution in [0.5, 0.6) is 11.5 Å². The van der Waals surface area contributed by atoms with Gasteiger partial charge in [-0.05, 0) is 37.6 Å². The molecule has 0 saturated carbocycles. The van der Waals surface area contributed by atoms with Crippen LogP contribution in [0.4, 0.5) is 5.69 Å². The topological polar surface area (TPSA) is 64.9 Å². The molecule has 0 aliphatic heterocycles. The van der Waals surface area contributed by atoms with Gasteiger partial charge in [0, 0.05) is 18.0 Å². The van der Waals surface area contributed by atoms with Crippen LogP contribution in [0.25, 0.3) is 5.65 Å². The maximum Gasteiger partial charge on any atom is 0.274 e. The van der Waals surface area contributed by atoms with Crippen LogP contribution in [0.15, 0.2) is 36.5 Å². The number of methoxy groups -OCH3 is 2. The number of amides is 1. The summed E-state index contributed by atoms with van der Waals surface area (Å²) in [5.41, 5.74) is 3.63. The first-order valence-electron chi connectivity index (χ1n) is 7.52. The van der Waals surface area contributed by atoms with E-state index in [0.717, 1.165) is 11.2 Å². The molecule has 24 heavy (non-hydrogen) atoms. The number of benzene rings is 1. The zero-order chi connectivity index (χ0) is 17.3. The summed E-state index contributed by atoms with van der Waals surface area (Å²) >= 11 is 0. The molecule has 3 aromatic rings. The van der Waals surface area contributed by atoms with Crippen LogP contribution >= 0.6 is 0 Å². The average molecular weight is 325 g/mol. The molecule has 2 heterocycles. The average Bonchev–Trinajstić information content (AvgIpc) is 2.92. The van der Waals surface area contributed by atoms with Crippen LogP contribution in [-0.2, 0) is 0 Å². The smallest absolute Gasteiger partial charge is 0.274 e. The molecule has 6 nitrogen and oxygen atoms in total. The van der Waals surface area contributed by atoms with Gasteiger partial charge in [0.05, 0.1) is 19.9 Å². The number of rotatable bonds is 4. The molecule has 1 aromatic carbocycles. The molecule has 0 radical (unpaired) electrons. The molecule has 0 aliphatic carbocycles. The molecule has 0 atom stereocenters. The summed E-state index contributed by atoms with van der Waals surface area (Å²) in [5, 5.41) is 2.89. The van der Waals surface area contributed by atoms with Crippen molar-refractivity contribution in [3.05, 3.63) is 53.5 Å². The van der Waals surface area contributed by atoms with Crippen LogP contribution in [0.2, 0.25) is 0 Å². The van der Waals surface area contributed by atoms with Gasteiger partial charge in [-0.2, -0.15) is 0 Å². The lowest BCUT2D eigenvalue weighted by atomic mass is 10.2. The Morgan fingerprint density at radius 1 is 1.12 bits per heavy atom. The van der Waals surface area contributed by atoms with Crippen molar-refractivity contribution in [1.29, 1.82) is 0 Å². The Balaban J connectivity index is 1.96. The van der Waals surface area contributed by atoms with Gasteiger partial charge in [-0.25, -0.2) is 4.98 Å². The minimum Gasteiger partial charge on any atom is -0.493 e. The first-order chi connectivity index (χ1) is 11.5. The summed E-state index contributed by atoms with van der Waals surface area (Å²) in [6.45, 7) is 3.80. The van der Waals surface area contributed by atoms with Gasteiger partial charge in [-0.3, -0.25) is 9.20 Å². The monoisotopic (exact) mass is 325 g/mol. The van der Waals surface area contributed by atoms with E-state index >= 15 is 0 Å². The number of hydrogen-bond acceptors (Lipinski definition) is 4. The van der Waals surface area contributed by atoms with Gasteiger partial charge in [0.1, 0.15) is 11.3 Å². The second-order valence-corrected chi connectivity index (χ2v) is 5.45. The van der Waals surface area contributed by atoms with Crippen molar-refractivity contribution in [2.75, 3.05) is 19.5 Å². The summed E-state index contributed by atoms with van der Waals surface area (Å²) in [4.78, 5) is 17.2. The van der Waals surface area contributed by atoms with E-state index in [0.29, 0.717) is 28.6 Å². The molecule has 1 N–H and O–H groups in total. The van der Waals surface area contributed by atoms with Crippen molar-refractivity contribution in [1.82, 2.24) is 9.38 Å². The Morgan fingerprint density at radius 3 is 2.58 bits per heavy atom. The number of carbonyl (C=O) groups excluding carboxylic acids is 1. The number of carbonyl (C=O) groups is 1. The first kappa shape index (κ1) is 15.9. The van der Waals surface area contributed by atoms with E-state index in [1.165, 1.54) is 0 Å². The highest BCUT2D eigenvalue weighted by atomic mass is 16.5. The Hall–Kier alpha value is -3.02. The number of nitrogens with zero attached hydrogens (tertiary/aromatic N) is 2. The summed E-state index contributed by atoms with van der Waals surface area (Å²) in [5.74, 6) is 0.941. The lowest BCUT2D eigenvalue weighted by molar-refractivity contribution is 0.102. The number of fused-ring (bicyclic) bond motifs is 1. The van der Waals surface area contributed by atoms with Crippen molar-refractivity contribution in [2.24, 2.45) is 0 Å². The Morgan fingerprint density at radius 2 is 1.88 bits per heavy atom. The number of nitrogens with one attached hydrogen (secondary N) is 1. The van der Waals surface area contributed by atoms with Crippen molar-refractivity contribution in [3.8, 4) is 11.5 Å². The van der Waals surface area contributed by atoms with Crippen LogP contribution in [-0.4, -0.2) is 29.5 Å². The van der Waals surface area contributed by atoms with Crippen LogP contribution in [0, 0.1) is 13.8 Å². The zero-order valence-electron chi connectivity index (χ0n) is 14.1.